The number of allylic oxidation sites excluding steroid dienone is 3. The second-order valence-electron chi connectivity index (χ2n) is 8.06. The van der Waals surface area contributed by atoms with Crippen LogP contribution in [0.1, 0.15) is 136 Å². The highest BCUT2D eigenvalue weighted by molar-refractivity contribution is 5.69. The molecule has 0 bridgehead atoms. The third-order valence-electron chi connectivity index (χ3n) is 5.31. The van der Waals surface area contributed by atoms with Crippen molar-refractivity contribution in [1.82, 2.24) is 0 Å². The molecule has 0 aromatic heterocycles. The quantitative estimate of drug-likeness (QED) is 0.0893. The largest absolute Gasteiger partial charge is 0.435 e. The van der Waals surface area contributed by atoms with Crippen LogP contribution in [0.4, 0.5) is 0 Å². The number of carbonyl (C=O) groups is 1. The molecule has 164 valence electrons. The molecule has 0 aliphatic rings. The van der Waals surface area contributed by atoms with E-state index >= 15 is 0 Å². The van der Waals surface area contributed by atoms with Crippen LogP contribution < -0.4 is 0 Å². The van der Waals surface area contributed by atoms with E-state index in [1.807, 2.05) is 0 Å². The van der Waals surface area contributed by atoms with Crippen molar-refractivity contribution in [3.8, 4) is 0 Å². The summed E-state index contributed by atoms with van der Waals surface area (Å²) >= 11 is 0. The van der Waals surface area contributed by atoms with Gasteiger partial charge < -0.3 is 4.74 Å². The Morgan fingerprint density at radius 2 is 1.18 bits per heavy atom. The van der Waals surface area contributed by atoms with Crippen molar-refractivity contribution in [3.05, 3.63) is 24.0 Å². The summed E-state index contributed by atoms with van der Waals surface area (Å²) in [5.41, 5.74) is 1.25. The molecule has 0 aliphatic heterocycles. The predicted octanol–water partition coefficient (Wildman–Crippen LogP) is 9.05. The maximum Gasteiger partial charge on any atom is 0.310 e. The standard InChI is InChI=1S/C26H48O2/c1-4-7-9-10-11-12-13-14-15-16-17-18-19-20-21-23-26(27)28-24-25(6-3)22-8-5-2/h14-15,24H,4-13,16-23H2,1-3H3/b15-14-,25-24+. The van der Waals surface area contributed by atoms with Crippen molar-refractivity contribution in [2.45, 2.75) is 136 Å². The molecule has 0 amide bonds. The Labute approximate surface area is 176 Å². The fraction of sp³-hybridized carbons (Fsp3) is 0.808. The van der Waals surface area contributed by atoms with E-state index < -0.39 is 0 Å². The van der Waals surface area contributed by atoms with Crippen molar-refractivity contribution in [2.24, 2.45) is 0 Å². The second kappa shape index (κ2) is 22.2. The van der Waals surface area contributed by atoms with Gasteiger partial charge in [-0.05, 0) is 56.9 Å². The first-order chi connectivity index (χ1) is 13.7. The molecule has 2 heteroatoms. The Balaban J connectivity index is 3.43. The number of carbonyl (C=O) groups excluding carboxylic acids is 1. The lowest BCUT2D eigenvalue weighted by atomic mass is 10.1. The Bertz CT molecular complexity index is 395. The van der Waals surface area contributed by atoms with Gasteiger partial charge in [-0.1, -0.05) is 90.7 Å². The molecule has 0 fully saturated rings. The van der Waals surface area contributed by atoms with Gasteiger partial charge in [0, 0.05) is 6.42 Å². The average molecular weight is 393 g/mol. The summed E-state index contributed by atoms with van der Waals surface area (Å²) in [7, 11) is 0. The summed E-state index contributed by atoms with van der Waals surface area (Å²) in [6.45, 7) is 6.58. The topological polar surface area (TPSA) is 26.3 Å². The molecule has 0 spiro atoms. The van der Waals surface area contributed by atoms with Crippen molar-refractivity contribution in [1.29, 1.82) is 0 Å². The predicted molar refractivity (Wildman–Crippen MR) is 123 cm³/mol. The minimum Gasteiger partial charge on any atom is -0.435 e. The van der Waals surface area contributed by atoms with Gasteiger partial charge in [-0.3, -0.25) is 4.79 Å². The molecule has 0 atom stereocenters. The molecule has 0 N–H and O–H groups in total. The number of unbranched alkanes of at least 4 members (excludes halogenated alkanes) is 12. The van der Waals surface area contributed by atoms with Crippen molar-refractivity contribution in [2.75, 3.05) is 0 Å². The molecular formula is C26H48O2. The third-order valence-corrected chi connectivity index (χ3v) is 5.31. The first kappa shape index (κ1) is 27.0. The normalized spacial score (nSPS) is 12.0. The summed E-state index contributed by atoms with van der Waals surface area (Å²) in [6.07, 6.45) is 28.0. The first-order valence-electron chi connectivity index (χ1n) is 12.3. The summed E-state index contributed by atoms with van der Waals surface area (Å²) < 4.78 is 5.30. The van der Waals surface area contributed by atoms with Crippen LogP contribution in [-0.2, 0) is 9.53 Å². The lowest BCUT2D eigenvalue weighted by Crippen LogP contribution is -2.00. The Hall–Kier alpha value is -1.05. The van der Waals surface area contributed by atoms with Crippen LogP contribution in [0.3, 0.4) is 0 Å². The second-order valence-corrected chi connectivity index (χ2v) is 8.06. The zero-order valence-electron chi connectivity index (χ0n) is 19.3. The smallest absolute Gasteiger partial charge is 0.310 e. The van der Waals surface area contributed by atoms with E-state index in [2.05, 4.69) is 32.9 Å². The summed E-state index contributed by atoms with van der Waals surface area (Å²) in [5.74, 6) is -0.0694. The minimum absolute atomic E-state index is 0.0694. The highest BCUT2D eigenvalue weighted by atomic mass is 16.5. The Kier molecular flexibility index (Phi) is 21.4. The Morgan fingerprint density at radius 1 is 0.643 bits per heavy atom. The molecule has 0 aromatic carbocycles. The summed E-state index contributed by atoms with van der Waals surface area (Å²) in [6, 6.07) is 0. The molecule has 28 heavy (non-hydrogen) atoms. The van der Waals surface area contributed by atoms with Gasteiger partial charge in [-0.25, -0.2) is 0 Å². The van der Waals surface area contributed by atoms with E-state index in [-0.39, 0.29) is 5.97 Å². The van der Waals surface area contributed by atoms with Gasteiger partial charge in [0.05, 0.1) is 6.26 Å². The van der Waals surface area contributed by atoms with E-state index in [0.717, 1.165) is 25.7 Å². The molecule has 0 saturated heterocycles. The van der Waals surface area contributed by atoms with E-state index in [9.17, 15) is 4.79 Å². The van der Waals surface area contributed by atoms with Crippen LogP contribution in [-0.4, -0.2) is 5.97 Å². The lowest BCUT2D eigenvalue weighted by molar-refractivity contribution is -0.138. The van der Waals surface area contributed by atoms with Gasteiger partial charge in [-0.2, -0.15) is 0 Å². The first-order valence-corrected chi connectivity index (χ1v) is 12.3. The molecular weight excluding hydrogens is 344 g/mol. The van der Waals surface area contributed by atoms with Crippen LogP contribution in [0, 0.1) is 0 Å². The molecule has 0 aromatic rings. The zero-order chi connectivity index (χ0) is 20.7. The number of rotatable bonds is 20. The van der Waals surface area contributed by atoms with Gasteiger partial charge in [0.25, 0.3) is 0 Å². The molecule has 2 nitrogen and oxygen atoms in total. The highest BCUT2D eigenvalue weighted by Crippen LogP contribution is 2.13. The van der Waals surface area contributed by atoms with E-state index in [1.165, 1.54) is 89.0 Å². The monoisotopic (exact) mass is 392 g/mol. The van der Waals surface area contributed by atoms with Gasteiger partial charge in [0.15, 0.2) is 0 Å². The number of esters is 1. The maximum atomic E-state index is 11.8. The van der Waals surface area contributed by atoms with Crippen LogP contribution in [0.5, 0.6) is 0 Å². The van der Waals surface area contributed by atoms with Gasteiger partial charge >= 0.3 is 5.97 Å². The van der Waals surface area contributed by atoms with Crippen LogP contribution in [0.15, 0.2) is 24.0 Å². The molecule has 0 heterocycles. The number of ether oxygens (including phenoxy) is 1. The molecule has 0 aliphatic carbocycles. The van der Waals surface area contributed by atoms with Crippen molar-refractivity contribution < 1.29 is 9.53 Å². The van der Waals surface area contributed by atoms with E-state index in [1.54, 1.807) is 6.26 Å². The summed E-state index contributed by atoms with van der Waals surface area (Å²) in [5, 5.41) is 0. The molecule has 0 unspecified atom stereocenters. The van der Waals surface area contributed by atoms with Crippen LogP contribution in [0.2, 0.25) is 0 Å². The fourth-order valence-corrected chi connectivity index (χ4v) is 3.27. The maximum absolute atomic E-state index is 11.8. The van der Waals surface area contributed by atoms with Crippen LogP contribution in [0.25, 0.3) is 0 Å². The average Bonchev–Trinajstić information content (AvgIpc) is 2.71. The van der Waals surface area contributed by atoms with E-state index in [0.29, 0.717) is 6.42 Å². The highest BCUT2D eigenvalue weighted by Gasteiger charge is 2.02. The minimum atomic E-state index is -0.0694. The van der Waals surface area contributed by atoms with Crippen LogP contribution >= 0.6 is 0 Å². The van der Waals surface area contributed by atoms with Crippen molar-refractivity contribution in [3.63, 3.8) is 0 Å². The van der Waals surface area contributed by atoms with Gasteiger partial charge in [0.1, 0.15) is 0 Å². The van der Waals surface area contributed by atoms with Gasteiger partial charge in [0.2, 0.25) is 0 Å². The molecule has 0 saturated carbocycles. The SMILES string of the molecule is CCCCCCCC/C=C\CCCCCCCC(=O)O/C=C(\CC)CCCC. The molecule has 0 rings (SSSR count). The van der Waals surface area contributed by atoms with E-state index in [4.69, 9.17) is 4.74 Å². The fourth-order valence-electron chi connectivity index (χ4n) is 3.27. The molecule has 0 radical (unpaired) electrons. The third kappa shape index (κ3) is 19.7. The lowest BCUT2D eigenvalue weighted by Gasteiger charge is -2.04. The zero-order valence-corrected chi connectivity index (χ0v) is 19.3. The van der Waals surface area contributed by atoms with Gasteiger partial charge in [-0.15, -0.1) is 0 Å². The Morgan fingerprint density at radius 3 is 1.75 bits per heavy atom. The number of hydrogen-bond acceptors (Lipinski definition) is 2. The van der Waals surface area contributed by atoms with Crippen molar-refractivity contribution >= 4 is 5.97 Å². The summed E-state index contributed by atoms with van der Waals surface area (Å²) in [4.78, 5) is 11.8. The number of hydrogen-bond donors (Lipinski definition) is 0.